The summed E-state index contributed by atoms with van der Waals surface area (Å²) in [5.74, 6) is 0.876. The highest BCUT2D eigenvalue weighted by Crippen LogP contribution is 2.65. The third kappa shape index (κ3) is 3.22. The molecule has 0 saturated heterocycles. The molecule has 0 spiro atoms. The standard InChI is InChI=1S/C44H38N2/c1-43(2)35-25-27(45-37-17-9-5-13-29(37)30-14-6-10-18-38(30)45)21-23-33(35)41-34-24-22-28(26-36(34)44(3,4)42(41)43)46-39-19-11-7-15-31(39)32-16-8-12-20-40(32)46/h5-11,13-19,21-26,41-42H,12,20H2,1-4H3. The Hall–Kier alpha value is -4.82. The molecule has 0 saturated carbocycles. The van der Waals surface area contributed by atoms with E-state index < -0.39 is 0 Å². The van der Waals surface area contributed by atoms with Gasteiger partial charge in [-0.15, -0.1) is 0 Å². The number of hydrogen-bond donors (Lipinski definition) is 0. The van der Waals surface area contributed by atoms with Gasteiger partial charge >= 0.3 is 0 Å². The summed E-state index contributed by atoms with van der Waals surface area (Å²) in [6, 6.07) is 41.4. The molecule has 2 aromatic heterocycles. The molecule has 7 aromatic rings. The van der Waals surface area contributed by atoms with Gasteiger partial charge in [0.1, 0.15) is 0 Å². The Morgan fingerprint density at radius 3 is 1.65 bits per heavy atom. The predicted octanol–water partition coefficient (Wildman–Crippen LogP) is 11.0. The van der Waals surface area contributed by atoms with E-state index in [1.807, 2.05) is 0 Å². The third-order valence-electron chi connectivity index (χ3n) is 12.0. The van der Waals surface area contributed by atoms with Crippen molar-refractivity contribution in [2.75, 3.05) is 0 Å². The van der Waals surface area contributed by atoms with E-state index in [0.717, 1.165) is 12.8 Å². The monoisotopic (exact) mass is 594 g/mol. The van der Waals surface area contributed by atoms with Crippen molar-refractivity contribution in [2.45, 2.75) is 57.3 Å². The highest BCUT2D eigenvalue weighted by atomic mass is 15.0. The van der Waals surface area contributed by atoms with Crippen LogP contribution in [-0.4, -0.2) is 9.13 Å². The van der Waals surface area contributed by atoms with Crippen molar-refractivity contribution < 1.29 is 0 Å². The van der Waals surface area contributed by atoms with Crippen LogP contribution in [0.4, 0.5) is 0 Å². The fraction of sp³-hybridized carbons (Fsp3) is 0.227. The minimum absolute atomic E-state index is 0.0154. The molecule has 0 bridgehead atoms. The van der Waals surface area contributed by atoms with E-state index in [1.165, 1.54) is 77.6 Å². The van der Waals surface area contributed by atoms with Crippen LogP contribution in [0.1, 0.15) is 73.5 Å². The SMILES string of the molecule is CC1(C)c2cc(-n3c4c(c5ccccc53)C=CCC4)ccc2C2c3ccc(-n4c5ccccc5c5ccccc54)cc3C(C)(C)C21. The summed E-state index contributed by atoms with van der Waals surface area (Å²) in [4.78, 5) is 0. The van der Waals surface area contributed by atoms with Gasteiger partial charge in [-0.2, -0.15) is 0 Å². The van der Waals surface area contributed by atoms with Crippen molar-refractivity contribution in [1.82, 2.24) is 9.13 Å². The van der Waals surface area contributed by atoms with Gasteiger partial charge in [0, 0.05) is 44.7 Å². The largest absolute Gasteiger partial charge is 0.313 e. The van der Waals surface area contributed by atoms with Crippen molar-refractivity contribution in [3.63, 3.8) is 0 Å². The molecule has 0 radical (unpaired) electrons. The van der Waals surface area contributed by atoms with E-state index in [2.05, 4.69) is 158 Å². The van der Waals surface area contributed by atoms with E-state index in [-0.39, 0.29) is 10.8 Å². The molecule has 2 heterocycles. The lowest BCUT2D eigenvalue weighted by atomic mass is 9.65. The highest BCUT2D eigenvalue weighted by molar-refractivity contribution is 6.09. The number of rotatable bonds is 2. The summed E-state index contributed by atoms with van der Waals surface area (Å²) in [7, 11) is 0. The predicted molar refractivity (Wildman–Crippen MR) is 193 cm³/mol. The zero-order valence-electron chi connectivity index (χ0n) is 27.0. The van der Waals surface area contributed by atoms with Crippen LogP contribution in [-0.2, 0) is 17.3 Å². The number of hydrogen-bond acceptors (Lipinski definition) is 0. The smallest absolute Gasteiger partial charge is 0.0541 e. The van der Waals surface area contributed by atoms with Gasteiger partial charge in [0.2, 0.25) is 0 Å². The number of nitrogens with zero attached hydrogens (tertiary/aromatic N) is 2. The Kier molecular flexibility index (Phi) is 5.12. The summed E-state index contributed by atoms with van der Waals surface area (Å²) in [6.45, 7) is 10.0. The molecule has 0 aliphatic heterocycles. The Bertz CT molecular complexity index is 2390. The highest BCUT2D eigenvalue weighted by Gasteiger charge is 2.58. The number of fused-ring (bicyclic) bond motifs is 11. The van der Waals surface area contributed by atoms with Crippen LogP contribution < -0.4 is 0 Å². The lowest BCUT2D eigenvalue weighted by Gasteiger charge is -2.39. The maximum atomic E-state index is 2.55. The van der Waals surface area contributed by atoms with Crippen molar-refractivity contribution in [1.29, 1.82) is 0 Å². The van der Waals surface area contributed by atoms with Gasteiger partial charge in [-0.3, -0.25) is 0 Å². The van der Waals surface area contributed by atoms with E-state index >= 15 is 0 Å². The van der Waals surface area contributed by atoms with Gasteiger partial charge in [0.05, 0.1) is 16.6 Å². The lowest BCUT2D eigenvalue weighted by Crippen LogP contribution is -2.37. The minimum Gasteiger partial charge on any atom is -0.313 e. The molecule has 0 fully saturated rings. The van der Waals surface area contributed by atoms with E-state index in [0.29, 0.717) is 11.8 Å². The normalized spacial score (nSPS) is 20.3. The van der Waals surface area contributed by atoms with E-state index in [9.17, 15) is 0 Å². The molecule has 2 atom stereocenters. The van der Waals surface area contributed by atoms with Gasteiger partial charge in [0.25, 0.3) is 0 Å². The quantitative estimate of drug-likeness (QED) is 0.188. The molecule has 224 valence electrons. The summed E-state index contributed by atoms with van der Waals surface area (Å²) in [5, 5.41) is 3.99. The second-order valence-electron chi connectivity index (χ2n) is 15.0. The van der Waals surface area contributed by atoms with Gasteiger partial charge in [-0.25, -0.2) is 0 Å². The second-order valence-corrected chi connectivity index (χ2v) is 15.0. The average Bonchev–Trinajstić information content (AvgIpc) is 3.74. The fourth-order valence-corrected chi connectivity index (χ4v) is 10.3. The molecule has 3 aliphatic carbocycles. The Labute approximate surface area is 270 Å². The van der Waals surface area contributed by atoms with Crippen LogP contribution in [0, 0.1) is 5.92 Å². The topological polar surface area (TPSA) is 9.86 Å². The molecule has 2 unspecified atom stereocenters. The first-order valence-electron chi connectivity index (χ1n) is 16.9. The maximum absolute atomic E-state index is 2.55. The maximum Gasteiger partial charge on any atom is 0.0541 e. The molecular formula is C44H38N2. The van der Waals surface area contributed by atoms with Gasteiger partial charge in [-0.1, -0.05) is 107 Å². The summed E-state index contributed by atoms with van der Waals surface area (Å²) in [5.41, 5.74) is 15.3. The number of aromatic nitrogens is 2. The summed E-state index contributed by atoms with van der Waals surface area (Å²) < 4.78 is 5.02. The molecule has 0 amide bonds. The van der Waals surface area contributed by atoms with Crippen LogP contribution in [0.3, 0.4) is 0 Å². The number of benzene rings is 5. The number of para-hydroxylation sites is 3. The van der Waals surface area contributed by atoms with Crippen LogP contribution in [0.25, 0.3) is 50.2 Å². The molecule has 3 aliphatic rings. The summed E-state index contributed by atoms with van der Waals surface area (Å²) in [6.07, 6.45) is 6.86. The van der Waals surface area contributed by atoms with Gasteiger partial charge in [0.15, 0.2) is 0 Å². The zero-order chi connectivity index (χ0) is 30.9. The Morgan fingerprint density at radius 2 is 1.07 bits per heavy atom. The molecule has 2 heteroatoms. The zero-order valence-corrected chi connectivity index (χ0v) is 27.0. The van der Waals surface area contributed by atoms with Gasteiger partial charge in [-0.05, 0) is 94.3 Å². The van der Waals surface area contributed by atoms with Crippen molar-refractivity contribution >= 4 is 38.8 Å². The average molecular weight is 595 g/mol. The van der Waals surface area contributed by atoms with Crippen molar-refractivity contribution in [3.8, 4) is 11.4 Å². The molecular weight excluding hydrogens is 556 g/mol. The first-order chi connectivity index (χ1) is 22.4. The van der Waals surface area contributed by atoms with Crippen LogP contribution in [0.2, 0.25) is 0 Å². The molecule has 0 N–H and O–H groups in total. The summed E-state index contributed by atoms with van der Waals surface area (Å²) >= 11 is 0. The van der Waals surface area contributed by atoms with E-state index in [4.69, 9.17) is 0 Å². The Morgan fingerprint density at radius 1 is 0.565 bits per heavy atom. The first-order valence-corrected chi connectivity index (χ1v) is 16.9. The van der Waals surface area contributed by atoms with E-state index in [1.54, 1.807) is 0 Å². The third-order valence-corrected chi connectivity index (χ3v) is 12.0. The lowest BCUT2D eigenvalue weighted by molar-refractivity contribution is 0.227. The second kappa shape index (κ2) is 8.91. The van der Waals surface area contributed by atoms with Crippen molar-refractivity contribution in [2.24, 2.45) is 5.92 Å². The van der Waals surface area contributed by atoms with Crippen LogP contribution >= 0.6 is 0 Å². The molecule has 5 aromatic carbocycles. The van der Waals surface area contributed by atoms with Crippen molar-refractivity contribution in [3.05, 3.63) is 149 Å². The minimum atomic E-state index is 0.0154. The van der Waals surface area contributed by atoms with Crippen LogP contribution in [0.5, 0.6) is 0 Å². The molecule has 10 rings (SSSR count). The first kappa shape index (κ1) is 26.4. The fourth-order valence-electron chi connectivity index (χ4n) is 10.3. The van der Waals surface area contributed by atoms with Crippen LogP contribution in [0.15, 0.2) is 115 Å². The molecule has 46 heavy (non-hydrogen) atoms. The van der Waals surface area contributed by atoms with Gasteiger partial charge < -0.3 is 9.13 Å². The Balaban J connectivity index is 1.15. The molecule has 2 nitrogen and oxygen atoms in total. The number of allylic oxidation sites excluding steroid dienone is 1.